The molecule has 7 heteroatoms. The zero-order chi connectivity index (χ0) is 14.5. The van der Waals surface area contributed by atoms with Crippen LogP contribution in [0.1, 0.15) is 42.5 Å². The highest BCUT2D eigenvalue weighted by Gasteiger charge is 2.48. The number of hydrogen-bond donors (Lipinski definition) is 1. The van der Waals surface area contributed by atoms with Crippen molar-refractivity contribution in [3.8, 4) is 0 Å². The van der Waals surface area contributed by atoms with Gasteiger partial charge < -0.3 is 9.72 Å². The van der Waals surface area contributed by atoms with E-state index in [9.17, 15) is 8.42 Å². The Labute approximate surface area is 119 Å². The fourth-order valence-corrected chi connectivity index (χ4v) is 4.79. The number of ether oxygens (including phenoxy) is 1. The number of nitrogens with zero attached hydrogens (tertiary/aromatic N) is 2. The van der Waals surface area contributed by atoms with Gasteiger partial charge in [-0.2, -0.15) is 4.31 Å². The lowest BCUT2D eigenvalue weighted by Gasteiger charge is -2.22. The van der Waals surface area contributed by atoms with Gasteiger partial charge in [0.25, 0.3) is 0 Å². The van der Waals surface area contributed by atoms with Crippen LogP contribution in [0.4, 0.5) is 0 Å². The Hall–Kier alpha value is -0.920. The van der Waals surface area contributed by atoms with Crippen molar-refractivity contribution < 1.29 is 13.2 Å². The van der Waals surface area contributed by atoms with Crippen LogP contribution in [0.5, 0.6) is 0 Å². The predicted molar refractivity (Wildman–Crippen MR) is 74.9 cm³/mol. The lowest BCUT2D eigenvalue weighted by atomic mass is 10.2. The van der Waals surface area contributed by atoms with Gasteiger partial charge in [-0.25, -0.2) is 13.4 Å². The molecule has 2 fully saturated rings. The van der Waals surface area contributed by atoms with E-state index in [1.54, 1.807) is 11.4 Å². The molecular weight excluding hydrogens is 278 g/mol. The number of aromatic amines is 1. The molecule has 6 nitrogen and oxygen atoms in total. The molecule has 20 heavy (non-hydrogen) atoms. The maximum atomic E-state index is 12.6. The second-order valence-corrected chi connectivity index (χ2v) is 7.92. The number of methoxy groups -OCH3 is 1. The fourth-order valence-electron chi connectivity index (χ4n) is 2.76. The second kappa shape index (κ2) is 4.82. The minimum Gasteiger partial charge on any atom is -0.380 e. The summed E-state index contributed by atoms with van der Waals surface area (Å²) in [6, 6.07) is -0.224. The molecule has 2 aliphatic rings. The van der Waals surface area contributed by atoms with Crippen molar-refractivity contribution in [2.24, 2.45) is 0 Å². The molecule has 1 aliphatic carbocycles. The number of rotatable bonds is 4. The molecule has 3 rings (SSSR count). The first-order valence-corrected chi connectivity index (χ1v) is 8.50. The first-order valence-electron chi connectivity index (χ1n) is 7.00. The predicted octanol–water partition coefficient (Wildman–Crippen LogP) is 1.28. The Morgan fingerprint density at radius 1 is 1.35 bits per heavy atom. The lowest BCUT2D eigenvalue weighted by molar-refractivity contribution is 0.114. The standard InChI is InChI=1S/C13H21N3O3S/c1-8-9(2)15-13(14-8)12-6-10(19-3)7-16(12)20(17,18)11-4-5-11/h10-12H,4-7H2,1-3H3,(H,14,15)/t10-,12+/m1/s1. The Morgan fingerprint density at radius 3 is 2.55 bits per heavy atom. The molecule has 1 aliphatic heterocycles. The maximum Gasteiger partial charge on any atom is 0.217 e. The average Bonchev–Trinajstić information content (AvgIpc) is 3.09. The van der Waals surface area contributed by atoms with Gasteiger partial charge in [0.1, 0.15) is 5.82 Å². The number of aromatic nitrogens is 2. The lowest BCUT2D eigenvalue weighted by Crippen LogP contribution is -2.35. The van der Waals surface area contributed by atoms with Crippen LogP contribution in [0.25, 0.3) is 0 Å². The molecule has 1 saturated carbocycles. The minimum atomic E-state index is -3.22. The van der Waals surface area contributed by atoms with Gasteiger partial charge in [-0.05, 0) is 33.1 Å². The summed E-state index contributed by atoms with van der Waals surface area (Å²) in [5.74, 6) is 0.740. The summed E-state index contributed by atoms with van der Waals surface area (Å²) in [4.78, 5) is 7.71. The first kappa shape index (κ1) is 14.0. The molecule has 0 bridgehead atoms. The van der Waals surface area contributed by atoms with Crippen LogP contribution in [-0.2, 0) is 14.8 Å². The summed E-state index contributed by atoms with van der Waals surface area (Å²) in [6.45, 7) is 4.31. The van der Waals surface area contributed by atoms with Gasteiger partial charge in [-0.3, -0.25) is 0 Å². The van der Waals surface area contributed by atoms with Gasteiger partial charge in [-0.1, -0.05) is 0 Å². The van der Waals surface area contributed by atoms with Crippen LogP contribution >= 0.6 is 0 Å². The van der Waals surface area contributed by atoms with Crippen molar-refractivity contribution in [2.45, 2.75) is 50.5 Å². The molecular formula is C13H21N3O3S. The smallest absolute Gasteiger partial charge is 0.217 e. The summed E-state index contributed by atoms with van der Waals surface area (Å²) < 4.78 is 32.1. The van der Waals surface area contributed by atoms with Crippen LogP contribution < -0.4 is 0 Å². The molecule has 1 saturated heterocycles. The van der Waals surface area contributed by atoms with Gasteiger partial charge >= 0.3 is 0 Å². The number of aryl methyl sites for hydroxylation is 2. The largest absolute Gasteiger partial charge is 0.380 e. The Morgan fingerprint density at radius 2 is 2.05 bits per heavy atom. The second-order valence-electron chi connectivity index (χ2n) is 5.76. The summed E-state index contributed by atoms with van der Waals surface area (Å²) in [5, 5.41) is -0.197. The third kappa shape index (κ3) is 2.27. The molecule has 0 spiro atoms. The zero-order valence-corrected chi connectivity index (χ0v) is 12.9. The molecule has 1 aromatic rings. The topological polar surface area (TPSA) is 75.3 Å². The summed E-state index contributed by atoms with van der Waals surface area (Å²) in [5.41, 5.74) is 1.91. The van der Waals surface area contributed by atoms with E-state index in [1.807, 2.05) is 13.8 Å². The van der Waals surface area contributed by atoms with Gasteiger partial charge in [0.05, 0.1) is 23.1 Å². The van der Waals surface area contributed by atoms with Gasteiger partial charge in [0, 0.05) is 19.3 Å². The Bertz CT molecular complexity index is 587. The summed E-state index contributed by atoms with van der Waals surface area (Å²) in [6.07, 6.45) is 2.16. The molecule has 1 aromatic heterocycles. The van der Waals surface area contributed by atoms with E-state index in [0.29, 0.717) is 13.0 Å². The Balaban J connectivity index is 1.94. The maximum absolute atomic E-state index is 12.6. The van der Waals surface area contributed by atoms with Crippen molar-refractivity contribution in [1.29, 1.82) is 0 Å². The summed E-state index contributed by atoms with van der Waals surface area (Å²) >= 11 is 0. The third-order valence-electron chi connectivity index (χ3n) is 4.29. The van der Waals surface area contributed by atoms with E-state index in [-0.39, 0.29) is 17.4 Å². The number of nitrogens with one attached hydrogen (secondary N) is 1. The number of hydrogen-bond acceptors (Lipinski definition) is 4. The Kier molecular flexibility index (Phi) is 3.38. The van der Waals surface area contributed by atoms with Gasteiger partial charge in [-0.15, -0.1) is 0 Å². The molecule has 2 atom stereocenters. The SMILES string of the molecule is CO[C@@H]1C[C@@H](c2nc(C)c(C)[nH]2)N(S(=O)(=O)C2CC2)C1. The minimum absolute atomic E-state index is 0.0563. The number of sulfonamides is 1. The first-order chi connectivity index (χ1) is 9.43. The highest BCUT2D eigenvalue weighted by Crippen LogP contribution is 2.40. The van der Waals surface area contributed by atoms with Crippen molar-refractivity contribution in [3.63, 3.8) is 0 Å². The molecule has 0 unspecified atom stereocenters. The van der Waals surface area contributed by atoms with Crippen LogP contribution in [0.2, 0.25) is 0 Å². The van der Waals surface area contributed by atoms with Crippen LogP contribution in [-0.4, -0.2) is 47.7 Å². The monoisotopic (exact) mass is 299 g/mol. The molecule has 0 radical (unpaired) electrons. The van der Waals surface area contributed by atoms with E-state index in [2.05, 4.69) is 9.97 Å². The molecule has 112 valence electrons. The number of imidazole rings is 1. The van der Waals surface area contributed by atoms with Crippen LogP contribution in [0.15, 0.2) is 0 Å². The van der Waals surface area contributed by atoms with Crippen LogP contribution in [0.3, 0.4) is 0 Å². The average molecular weight is 299 g/mol. The van der Waals surface area contributed by atoms with Gasteiger partial charge in [0.2, 0.25) is 10.0 Å². The van der Waals surface area contributed by atoms with E-state index in [4.69, 9.17) is 4.74 Å². The van der Waals surface area contributed by atoms with E-state index < -0.39 is 10.0 Å². The fraction of sp³-hybridized carbons (Fsp3) is 0.769. The van der Waals surface area contributed by atoms with Crippen molar-refractivity contribution in [2.75, 3.05) is 13.7 Å². The van der Waals surface area contributed by atoms with Gasteiger partial charge in [0.15, 0.2) is 0 Å². The van der Waals surface area contributed by atoms with Crippen LogP contribution in [0, 0.1) is 13.8 Å². The summed E-state index contributed by atoms with van der Waals surface area (Å²) in [7, 11) is -1.58. The van der Waals surface area contributed by atoms with Crippen molar-refractivity contribution in [1.82, 2.24) is 14.3 Å². The zero-order valence-electron chi connectivity index (χ0n) is 12.1. The quantitative estimate of drug-likeness (QED) is 0.909. The van der Waals surface area contributed by atoms with Crippen molar-refractivity contribution in [3.05, 3.63) is 17.2 Å². The van der Waals surface area contributed by atoms with E-state index in [0.717, 1.165) is 30.1 Å². The van der Waals surface area contributed by atoms with E-state index in [1.165, 1.54) is 0 Å². The third-order valence-corrected chi connectivity index (χ3v) is 6.66. The normalized spacial score (nSPS) is 28.1. The molecule has 0 amide bonds. The van der Waals surface area contributed by atoms with Crippen molar-refractivity contribution >= 4 is 10.0 Å². The molecule has 1 N–H and O–H groups in total. The highest BCUT2D eigenvalue weighted by molar-refractivity contribution is 7.90. The molecule has 2 heterocycles. The highest BCUT2D eigenvalue weighted by atomic mass is 32.2. The van der Waals surface area contributed by atoms with E-state index >= 15 is 0 Å². The number of H-pyrrole nitrogens is 1. The molecule has 0 aromatic carbocycles.